The molecule has 0 amide bonds. The Bertz CT molecular complexity index is 389. The van der Waals surface area contributed by atoms with Crippen LogP contribution in [0.3, 0.4) is 0 Å². The van der Waals surface area contributed by atoms with Gasteiger partial charge < -0.3 is 15.7 Å². The van der Waals surface area contributed by atoms with Crippen LogP contribution in [0.1, 0.15) is 66.7 Å². The van der Waals surface area contributed by atoms with Crippen LogP contribution in [-0.4, -0.2) is 33.9 Å². The lowest BCUT2D eigenvalue weighted by Gasteiger charge is -2.24. The van der Waals surface area contributed by atoms with Gasteiger partial charge >= 0.3 is 5.97 Å². The van der Waals surface area contributed by atoms with Crippen molar-refractivity contribution in [2.75, 3.05) is 6.54 Å². The highest BCUT2D eigenvalue weighted by molar-refractivity contribution is 7.80. The summed E-state index contributed by atoms with van der Waals surface area (Å²) in [7, 11) is 0. The van der Waals surface area contributed by atoms with E-state index in [1.165, 1.54) is 0 Å². The molecule has 0 bridgehead atoms. The third-order valence-corrected chi connectivity index (χ3v) is 2.87. The van der Waals surface area contributed by atoms with E-state index in [2.05, 4.69) is 20.9 Å². The topological polar surface area (TPSA) is 86.1 Å². The molecule has 0 rings (SSSR count). The van der Waals surface area contributed by atoms with Crippen LogP contribution in [0.25, 0.3) is 0 Å². The van der Waals surface area contributed by atoms with Crippen molar-refractivity contribution in [2.24, 2.45) is 10.2 Å². The lowest BCUT2D eigenvalue weighted by molar-refractivity contribution is -0.137. The number of nitrogens with one attached hydrogen (secondary N) is 2. The number of unbranched alkanes of at least 4 members (excludes halogenated alkanes) is 3. The number of hydrogen-bond acceptors (Lipinski definition) is 4. The van der Waals surface area contributed by atoms with Gasteiger partial charge in [0.2, 0.25) is 0 Å². The molecular weight excluding hydrogens is 300 g/mol. The number of carboxylic acids is 1. The molecule has 0 aliphatic heterocycles. The number of thiocarbonyl (C=S) groups is 1. The summed E-state index contributed by atoms with van der Waals surface area (Å²) in [5.41, 5.74) is -0.747. The van der Waals surface area contributed by atoms with Crippen LogP contribution in [0.2, 0.25) is 0 Å². The lowest BCUT2D eigenvalue weighted by Crippen LogP contribution is -2.47. The number of carbonyl (C=O) groups is 1. The maximum Gasteiger partial charge on any atom is 0.303 e. The van der Waals surface area contributed by atoms with Crippen LogP contribution < -0.4 is 10.6 Å². The molecular formula is C15H30N4O2S. The minimum atomic E-state index is -0.727. The largest absolute Gasteiger partial charge is 0.481 e. The second kappa shape index (κ2) is 9.71. The summed E-state index contributed by atoms with van der Waals surface area (Å²) >= 11 is 5.24. The van der Waals surface area contributed by atoms with Crippen molar-refractivity contribution in [1.82, 2.24) is 10.6 Å². The highest BCUT2D eigenvalue weighted by Crippen LogP contribution is 2.12. The first-order valence-corrected chi connectivity index (χ1v) is 8.14. The zero-order chi connectivity index (χ0) is 17.2. The maximum atomic E-state index is 10.4. The van der Waals surface area contributed by atoms with E-state index >= 15 is 0 Å². The Morgan fingerprint density at radius 3 is 2.18 bits per heavy atom. The van der Waals surface area contributed by atoms with Crippen molar-refractivity contribution in [3.8, 4) is 0 Å². The van der Waals surface area contributed by atoms with Gasteiger partial charge in [0.05, 0.1) is 5.54 Å². The molecule has 0 aromatic carbocycles. The van der Waals surface area contributed by atoms with Gasteiger partial charge in [0.1, 0.15) is 5.66 Å². The van der Waals surface area contributed by atoms with Gasteiger partial charge in [-0.15, -0.1) is 0 Å². The molecule has 3 N–H and O–H groups in total. The average Bonchev–Trinajstić information content (AvgIpc) is 2.34. The van der Waals surface area contributed by atoms with Crippen LogP contribution in [-0.2, 0) is 4.79 Å². The van der Waals surface area contributed by atoms with Crippen molar-refractivity contribution < 1.29 is 9.90 Å². The van der Waals surface area contributed by atoms with E-state index in [0.717, 1.165) is 32.2 Å². The van der Waals surface area contributed by atoms with Crippen molar-refractivity contribution in [3.63, 3.8) is 0 Å². The first-order chi connectivity index (χ1) is 10.0. The fraction of sp³-hybridized carbons (Fsp3) is 0.867. The summed E-state index contributed by atoms with van der Waals surface area (Å²) in [4.78, 5) is 10.4. The molecule has 7 heteroatoms. The van der Waals surface area contributed by atoms with Gasteiger partial charge in [-0.05, 0) is 59.7 Å². The Morgan fingerprint density at radius 1 is 1.05 bits per heavy atom. The first kappa shape index (κ1) is 20.8. The van der Waals surface area contributed by atoms with Crippen LogP contribution in [0.4, 0.5) is 0 Å². The van der Waals surface area contributed by atoms with Crippen LogP contribution in [0.15, 0.2) is 10.2 Å². The minimum Gasteiger partial charge on any atom is -0.481 e. The molecule has 0 spiro atoms. The first-order valence-electron chi connectivity index (χ1n) is 7.74. The molecule has 22 heavy (non-hydrogen) atoms. The Labute approximate surface area is 139 Å². The van der Waals surface area contributed by atoms with Gasteiger partial charge in [-0.1, -0.05) is 12.8 Å². The van der Waals surface area contributed by atoms with Crippen molar-refractivity contribution >= 4 is 23.3 Å². The second-order valence-corrected chi connectivity index (χ2v) is 7.28. The highest BCUT2D eigenvalue weighted by Gasteiger charge is 2.19. The summed E-state index contributed by atoms with van der Waals surface area (Å²) in [6.07, 6.45) is 3.87. The number of azo groups is 1. The van der Waals surface area contributed by atoms with Crippen LogP contribution in [0.5, 0.6) is 0 Å². The molecule has 0 atom stereocenters. The van der Waals surface area contributed by atoms with E-state index in [1.54, 1.807) is 0 Å². The number of aliphatic carboxylic acids is 1. The number of nitrogens with zero attached hydrogens (tertiary/aromatic N) is 2. The highest BCUT2D eigenvalue weighted by atomic mass is 32.1. The predicted octanol–water partition coefficient (Wildman–Crippen LogP) is 3.47. The summed E-state index contributed by atoms with van der Waals surface area (Å²) in [5, 5.41) is 23.9. The molecule has 0 heterocycles. The average molecular weight is 330 g/mol. The molecule has 0 fully saturated rings. The van der Waals surface area contributed by atoms with E-state index in [-0.39, 0.29) is 12.0 Å². The summed E-state index contributed by atoms with van der Waals surface area (Å²) in [6.45, 7) is 10.6. The fourth-order valence-electron chi connectivity index (χ4n) is 1.58. The SMILES string of the molecule is CC(C)(C)N=NC(C)(C)NC(=S)NCCCCCCC(=O)O. The standard InChI is InChI=1S/C15H30N4O2S/c1-14(2,3)18-19-15(4,5)17-13(22)16-11-9-7-6-8-10-12(20)21/h6-11H2,1-5H3,(H,20,21)(H2,16,17,22). The number of rotatable bonds is 9. The fourth-order valence-corrected chi connectivity index (χ4v) is 1.93. The van der Waals surface area contributed by atoms with Crippen molar-refractivity contribution in [2.45, 2.75) is 77.9 Å². The van der Waals surface area contributed by atoms with Crippen LogP contribution in [0, 0.1) is 0 Å². The number of hydrogen-bond donors (Lipinski definition) is 3. The third-order valence-electron chi connectivity index (χ3n) is 2.62. The molecule has 0 radical (unpaired) electrons. The normalized spacial score (nSPS) is 12.4. The Hall–Kier alpha value is -1.24. The van der Waals surface area contributed by atoms with E-state index in [4.69, 9.17) is 17.3 Å². The zero-order valence-electron chi connectivity index (χ0n) is 14.4. The summed E-state index contributed by atoms with van der Waals surface area (Å²) in [5.74, 6) is -0.727. The molecule has 0 saturated carbocycles. The third kappa shape index (κ3) is 13.7. The Kier molecular flexibility index (Phi) is 9.16. The van der Waals surface area contributed by atoms with Gasteiger partial charge in [-0.2, -0.15) is 10.2 Å². The van der Waals surface area contributed by atoms with Gasteiger partial charge in [-0.3, -0.25) is 4.79 Å². The van der Waals surface area contributed by atoms with E-state index in [0.29, 0.717) is 5.11 Å². The van der Waals surface area contributed by atoms with Gasteiger partial charge in [-0.25, -0.2) is 0 Å². The van der Waals surface area contributed by atoms with Gasteiger partial charge in [0, 0.05) is 13.0 Å². The molecule has 128 valence electrons. The smallest absolute Gasteiger partial charge is 0.303 e. The van der Waals surface area contributed by atoms with E-state index < -0.39 is 11.6 Å². The minimum absolute atomic E-state index is 0.204. The maximum absolute atomic E-state index is 10.4. The predicted molar refractivity (Wildman–Crippen MR) is 93.1 cm³/mol. The molecule has 0 unspecified atom stereocenters. The molecule has 0 saturated heterocycles. The van der Waals surface area contributed by atoms with Gasteiger partial charge in [0.15, 0.2) is 5.11 Å². The Balaban J connectivity index is 3.85. The quantitative estimate of drug-likeness (QED) is 0.342. The van der Waals surface area contributed by atoms with Crippen molar-refractivity contribution in [3.05, 3.63) is 0 Å². The summed E-state index contributed by atoms with van der Waals surface area (Å²) < 4.78 is 0. The van der Waals surface area contributed by atoms with E-state index in [9.17, 15) is 4.79 Å². The lowest BCUT2D eigenvalue weighted by atomic mass is 10.1. The van der Waals surface area contributed by atoms with Crippen LogP contribution >= 0.6 is 12.2 Å². The number of carboxylic acid groups (broad SMARTS) is 1. The molecule has 0 aromatic heterocycles. The molecule has 0 aromatic rings. The molecule has 6 nitrogen and oxygen atoms in total. The second-order valence-electron chi connectivity index (χ2n) is 6.87. The molecule has 0 aliphatic carbocycles. The monoisotopic (exact) mass is 330 g/mol. The van der Waals surface area contributed by atoms with Gasteiger partial charge in [0.25, 0.3) is 0 Å². The summed E-state index contributed by atoms with van der Waals surface area (Å²) in [6, 6.07) is 0. The van der Waals surface area contributed by atoms with E-state index in [1.807, 2.05) is 34.6 Å². The Morgan fingerprint density at radius 2 is 1.64 bits per heavy atom. The van der Waals surface area contributed by atoms with Crippen molar-refractivity contribution in [1.29, 1.82) is 0 Å². The molecule has 0 aliphatic rings. The zero-order valence-corrected chi connectivity index (χ0v) is 15.2.